The quantitative estimate of drug-likeness (QED) is 0.873. The number of carboxylic acid groups (broad SMARTS) is 1. The average molecular weight is 260 g/mol. The third kappa shape index (κ3) is 3.38. The van der Waals surface area contributed by atoms with Gasteiger partial charge in [0.1, 0.15) is 11.5 Å². The van der Waals surface area contributed by atoms with Crippen LogP contribution in [0.1, 0.15) is 21.9 Å². The highest BCUT2D eigenvalue weighted by atomic mass is 16.4. The molecule has 0 atom stereocenters. The fourth-order valence-corrected chi connectivity index (χ4v) is 1.85. The van der Waals surface area contributed by atoms with Crippen molar-refractivity contribution < 1.29 is 9.90 Å². The van der Waals surface area contributed by atoms with Crippen molar-refractivity contribution in [2.45, 2.75) is 13.1 Å². The Labute approximate surface area is 111 Å². The second-order valence-electron chi connectivity index (χ2n) is 4.48. The predicted molar refractivity (Wildman–Crippen MR) is 69.6 cm³/mol. The highest BCUT2D eigenvalue weighted by Gasteiger charge is 2.08. The van der Waals surface area contributed by atoms with Crippen LogP contribution in [0.5, 0.6) is 0 Å². The van der Waals surface area contributed by atoms with Gasteiger partial charge in [0.15, 0.2) is 0 Å². The molecule has 2 rings (SSSR count). The maximum Gasteiger partial charge on any atom is 0.354 e. The Bertz CT molecular complexity index is 580. The minimum atomic E-state index is -1.01. The SMILES string of the molecule is CN(Cc1ccnc(C(=O)O)c1)Cc1nccn1C. The molecule has 0 aliphatic carbocycles. The summed E-state index contributed by atoms with van der Waals surface area (Å²) in [5.41, 5.74) is 0.993. The summed E-state index contributed by atoms with van der Waals surface area (Å²) in [6, 6.07) is 3.42. The maximum absolute atomic E-state index is 10.9. The average Bonchev–Trinajstić information content (AvgIpc) is 2.75. The number of hydrogen-bond donors (Lipinski definition) is 1. The van der Waals surface area contributed by atoms with E-state index in [9.17, 15) is 4.79 Å². The normalized spacial score (nSPS) is 10.9. The van der Waals surface area contributed by atoms with E-state index in [-0.39, 0.29) is 5.69 Å². The molecular formula is C13H16N4O2. The summed E-state index contributed by atoms with van der Waals surface area (Å²) in [4.78, 5) is 21.0. The molecule has 0 bridgehead atoms. The summed E-state index contributed by atoms with van der Waals surface area (Å²) in [5.74, 6) is -0.0383. The fourth-order valence-electron chi connectivity index (χ4n) is 1.85. The van der Waals surface area contributed by atoms with Crippen LogP contribution in [0.2, 0.25) is 0 Å². The van der Waals surface area contributed by atoms with Gasteiger partial charge in [0.05, 0.1) is 6.54 Å². The van der Waals surface area contributed by atoms with Gasteiger partial charge in [-0.15, -0.1) is 0 Å². The van der Waals surface area contributed by atoms with Crippen molar-refractivity contribution in [2.24, 2.45) is 7.05 Å². The van der Waals surface area contributed by atoms with Crippen LogP contribution in [-0.4, -0.2) is 37.6 Å². The zero-order valence-corrected chi connectivity index (χ0v) is 10.9. The van der Waals surface area contributed by atoms with Crippen molar-refractivity contribution in [2.75, 3.05) is 7.05 Å². The van der Waals surface area contributed by atoms with E-state index in [2.05, 4.69) is 14.9 Å². The van der Waals surface area contributed by atoms with Gasteiger partial charge in [-0.05, 0) is 24.7 Å². The molecule has 100 valence electrons. The first kappa shape index (κ1) is 13.2. The van der Waals surface area contributed by atoms with Crippen LogP contribution in [-0.2, 0) is 20.1 Å². The number of pyridine rings is 1. The molecule has 0 aromatic carbocycles. The number of carboxylic acids is 1. The number of rotatable bonds is 5. The van der Waals surface area contributed by atoms with Crippen LogP contribution in [0, 0.1) is 0 Å². The highest BCUT2D eigenvalue weighted by Crippen LogP contribution is 2.07. The van der Waals surface area contributed by atoms with Gasteiger partial charge in [0.25, 0.3) is 0 Å². The van der Waals surface area contributed by atoms with Crippen molar-refractivity contribution in [3.63, 3.8) is 0 Å². The van der Waals surface area contributed by atoms with Crippen LogP contribution >= 0.6 is 0 Å². The minimum absolute atomic E-state index is 0.0721. The first-order valence-electron chi connectivity index (χ1n) is 5.89. The predicted octanol–water partition coefficient (Wildman–Crippen LogP) is 1.15. The molecule has 0 spiro atoms. The summed E-state index contributed by atoms with van der Waals surface area (Å²) < 4.78 is 1.96. The van der Waals surface area contributed by atoms with Crippen LogP contribution in [0.3, 0.4) is 0 Å². The lowest BCUT2D eigenvalue weighted by Crippen LogP contribution is -2.19. The van der Waals surface area contributed by atoms with Gasteiger partial charge >= 0.3 is 5.97 Å². The second-order valence-corrected chi connectivity index (χ2v) is 4.48. The monoisotopic (exact) mass is 260 g/mol. The Morgan fingerprint density at radius 2 is 2.16 bits per heavy atom. The van der Waals surface area contributed by atoms with Crippen molar-refractivity contribution >= 4 is 5.97 Å². The summed E-state index contributed by atoms with van der Waals surface area (Å²) in [6.45, 7) is 1.35. The lowest BCUT2D eigenvalue weighted by Gasteiger charge is -2.16. The number of nitrogens with zero attached hydrogens (tertiary/aromatic N) is 4. The Balaban J connectivity index is 2.02. The van der Waals surface area contributed by atoms with E-state index in [0.717, 1.165) is 11.4 Å². The summed E-state index contributed by atoms with van der Waals surface area (Å²) in [5, 5.41) is 8.90. The Hall–Kier alpha value is -2.21. The van der Waals surface area contributed by atoms with Gasteiger partial charge in [-0.2, -0.15) is 0 Å². The Morgan fingerprint density at radius 1 is 1.37 bits per heavy atom. The third-order valence-electron chi connectivity index (χ3n) is 2.83. The number of hydrogen-bond acceptors (Lipinski definition) is 4. The molecular weight excluding hydrogens is 244 g/mol. The smallest absolute Gasteiger partial charge is 0.354 e. The molecule has 0 radical (unpaired) electrons. The summed E-state index contributed by atoms with van der Waals surface area (Å²) in [6.07, 6.45) is 5.18. The zero-order chi connectivity index (χ0) is 13.8. The largest absolute Gasteiger partial charge is 0.477 e. The third-order valence-corrected chi connectivity index (χ3v) is 2.83. The Morgan fingerprint density at radius 3 is 2.79 bits per heavy atom. The fraction of sp³-hybridized carbons (Fsp3) is 0.308. The van der Waals surface area contributed by atoms with E-state index in [0.29, 0.717) is 13.1 Å². The zero-order valence-electron chi connectivity index (χ0n) is 10.9. The lowest BCUT2D eigenvalue weighted by molar-refractivity contribution is 0.0690. The molecule has 0 amide bonds. The van der Waals surface area contributed by atoms with Gasteiger partial charge in [-0.25, -0.2) is 14.8 Å². The van der Waals surface area contributed by atoms with Gasteiger partial charge < -0.3 is 9.67 Å². The molecule has 0 aliphatic heterocycles. The van der Waals surface area contributed by atoms with Gasteiger partial charge in [-0.3, -0.25) is 4.90 Å². The van der Waals surface area contributed by atoms with Crippen molar-refractivity contribution in [3.05, 3.63) is 47.8 Å². The lowest BCUT2D eigenvalue weighted by atomic mass is 10.2. The van der Waals surface area contributed by atoms with Gasteiger partial charge in [0, 0.05) is 32.2 Å². The molecule has 1 N–H and O–H groups in total. The molecule has 2 aromatic rings. The van der Waals surface area contributed by atoms with E-state index >= 15 is 0 Å². The van der Waals surface area contributed by atoms with Crippen molar-refractivity contribution in [3.8, 4) is 0 Å². The van der Waals surface area contributed by atoms with E-state index in [1.54, 1.807) is 12.3 Å². The standard InChI is InChI=1S/C13H16N4O2/c1-16(9-12-15-5-6-17(12)2)8-10-3-4-14-11(7-10)13(18)19/h3-7H,8-9H2,1-2H3,(H,18,19). The topological polar surface area (TPSA) is 71.2 Å². The summed E-state index contributed by atoms with van der Waals surface area (Å²) in [7, 11) is 3.92. The molecule has 0 fully saturated rings. The first-order chi connectivity index (χ1) is 9.06. The van der Waals surface area contributed by atoms with Crippen LogP contribution in [0.15, 0.2) is 30.7 Å². The Kier molecular flexibility index (Phi) is 3.91. The molecule has 0 unspecified atom stereocenters. The van der Waals surface area contributed by atoms with E-state index in [4.69, 9.17) is 5.11 Å². The van der Waals surface area contributed by atoms with Crippen molar-refractivity contribution in [1.82, 2.24) is 19.4 Å². The van der Waals surface area contributed by atoms with Crippen molar-refractivity contribution in [1.29, 1.82) is 0 Å². The maximum atomic E-state index is 10.9. The minimum Gasteiger partial charge on any atom is -0.477 e. The van der Waals surface area contributed by atoms with E-state index < -0.39 is 5.97 Å². The number of aromatic carboxylic acids is 1. The number of carbonyl (C=O) groups is 1. The van der Waals surface area contributed by atoms with Gasteiger partial charge in [-0.1, -0.05) is 0 Å². The number of imidazole rings is 1. The molecule has 6 heteroatoms. The number of aromatic nitrogens is 3. The molecule has 19 heavy (non-hydrogen) atoms. The van der Waals surface area contributed by atoms with Crippen LogP contribution in [0.4, 0.5) is 0 Å². The molecule has 0 aliphatic rings. The molecule has 6 nitrogen and oxygen atoms in total. The first-order valence-corrected chi connectivity index (χ1v) is 5.89. The van der Waals surface area contributed by atoms with Gasteiger partial charge in [0.2, 0.25) is 0 Å². The number of aryl methyl sites for hydroxylation is 1. The molecule has 0 saturated carbocycles. The molecule has 2 heterocycles. The van der Waals surface area contributed by atoms with E-state index in [1.165, 1.54) is 6.20 Å². The second kappa shape index (κ2) is 5.62. The molecule has 2 aromatic heterocycles. The van der Waals surface area contributed by atoms with Crippen LogP contribution < -0.4 is 0 Å². The molecule has 0 saturated heterocycles. The summed E-state index contributed by atoms with van der Waals surface area (Å²) >= 11 is 0. The van der Waals surface area contributed by atoms with E-state index in [1.807, 2.05) is 30.9 Å². The van der Waals surface area contributed by atoms with Crippen LogP contribution in [0.25, 0.3) is 0 Å². The highest BCUT2D eigenvalue weighted by molar-refractivity contribution is 5.85.